The molecule has 0 aliphatic rings. The smallest absolute Gasteiger partial charge is 0.323 e. The van der Waals surface area contributed by atoms with Gasteiger partial charge in [-0.25, -0.2) is 14.4 Å². The zero-order valence-corrected chi connectivity index (χ0v) is 17.0. The number of hydrogen-bond acceptors (Lipinski definition) is 5. The summed E-state index contributed by atoms with van der Waals surface area (Å²) in [6, 6.07) is 8.32. The number of hydrogen-bond donors (Lipinski definition) is 1. The van der Waals surface area contributed by atoms with Crippen LogP contribution in [0.3, 0.4) is 0 Å². The quantitative estimate of drug-likeness (QED) is 0.276. The Kier molecular flexibility index (Phi) is 6.36. The average molecular weight is 492 g/mol. The zero-order valence-electron chi connectivity index (χ0n) is 13.8. The lowest BCUT2D eigenvalue weighted by molar-refractivity contribution is -0.141. The third-order valence-corrected chi connectivity index (χ3v) is 5.54. The molecular weight excluding hydrogens is 482 g/mol. The Morgan fingerprint density at radius 3 is 2.64 bits per heavy atom. The molecule has 1 amide bonds. The number of aromatic nitrogens is 2. The molecule has 3 aromatic rings. The van der Waals surface area contributed by atoms with Crippen molar-refractivity contribution in [1.29, 1.82) is 0 Å². The Bertz CT molecular complexity index is 997. The molecule has 11 heteroatoms. The van der Waals surface area contributed by atoms with Gasteiger partial charge in [0, 0.05) is 4.47 Å². The van der Waals surface area contributed by atoms with Gasteiger partial charge in [0.05, 0.1) is 22.0 Å². The van der Waals surface area contributed by atoms with Crippen molar-refractivity contribution in [2.45, 2.75) is 11.3 Å². The summed E-state index contributed by atoms with van der Waals surface area (Å²) in [6.07, 6.45) is -4.65. The van der Waals surface area contributed by atoms with Crippen LogP contribution in [0.5, 0.6) is 0 Å². The molecular formula is C17H10BrF4N3OS2. The minimum absolute atomic E-state index is 0.0296. The lowest BCUT2D eigenvalue weighted by Crippen LogP contribution is -2.16. The minimum Gasteiger partial charge on any atom is -0.323 e. The van der Waals surface area contributed by atoms with Crippen LogP contribution < -0.4 is 5.32 Å². The Hall–Kier alpha value is -1.98. The van der Waals surface area contributed by atoms with Gasteiger partial charge in [0.15, 0.2) is 5.16 Å². The van der Waals surface area contributed by atoms with E-state index in [2.05, 4.69) is 31.2 Å². The van der Waals surface area contributed by atoms with Gasteiger partial charge >= 0.3 is 6.18 Å². The fourth-order valence-corrected chi connectivity index (χ4v) is 3.77. The van der Waals surface area contributed by atoms with E-state index in [1.54, 1.807) is 23.6 Å². The largest absolute Gasteiger partial charge is 0.433 e. The highest BCUT2D eigenvalue weighted by Crippen LogP contribution is 2.33. The van der Waals surface area contributed by atoms with Crippen LogP contribution in [0, 0.1) is 5.82 Å². The minimum atomic E-state index is -4.65. The molecule has 0 radical (unpaired) electrons. The number of carbonyl (C=O) groups is 1. The SMILES string of the molecule is O=C(CSc1nc(-c2cccs2)cc(C(F)(F)F)n1)Nc1ccc(Br)cc1F. The van der Waals surface area contributed by atoms with Crippen LogP contribution in [0.25, 0.3) is 10.6 Å². The number of rotatable bonds is 5. The van der Waals surface area contributed by atoms with Gasteiger partial charge in [0.25, 0.3) is 0 Å². The van der Waals surface area contributed by atoms with Gasteiger partial charge in [-0.1, -0.05) is 33.8 Å². The van der Waals surface area contributed by atoms with E-state index in [0.29, 0.717) is 9.35 Å². The Morgan fingerprint density at radius 2 is 2.00 bits per heavy atom. The Labute approximate surface area is 173 Å². The molecule has 0 spiro atoms. The first-order valence-corrected chi connectivity index (χ1v) is 10.3. The first-order valence-electron chi connectivity index (χ1n) is 7.60. The lowest BCUT2D eigenvalue weighted by atomic mass is 10.3. The first-order chi connectivity index (χ1) is 13.2. The summed E-state index contributed by atoms with van der Waals surface area (Å²) in [7, 11) is 0. The molecule has 0 aliphatic heterocycles. The van der Waals surface area contributed by atoms with Crippen molar-refractivity contribution in [3.8, 4) is 10.6 Å². The number of halogens is 5. The molecule has 0 saturated heterocycles. The number of benzene rings is 1. The Balaban J connectivity index is 1.76. The Morgan fingerprint density at radius 1 is 1.21 bits per heavy atom. The highest BCUT2D eigenvalue weighted by Gasteiger charge is 2.34. The molecule has 1 N–H and O–H groups in total. The maximum Gasteiger partial charge on any atom is 0.433 e. The molecule has 2 aromatic heterocycles. The van der Waals surface area contributed by atoms with Crippen LogP contribution in [-0.4, -0.2) is 21.6 Å². The second-order valence-electron chi connectivity index (χ2n) is 5.36. The third-order valence-electron chi connectivity index (χ3n) is 3.31. The normalized spacial score (nSPS) is 11.5. The predicted octanol–water partition coefficient (Wildman–Crippen LogP) is 5.86. The van der Waals surface area contributed by atoms with E-state index in [-0.39, 0.29) is 22.3 Å². The monoisotopic (exact) mass is 491 g/mol. The van der Waals surface area contributed by atoms with Crippen molar-refractivity contribution >= 4 is 50.6 Å². The molecule has 0 bridgehead atoms. The first kappa shape index (κ1) is 20.7. The van der Waals surface area contributed by atoms with Crippen molar-refractivity contribution in [2.24, 2.45) is 0 Å². The van der Waals surface area contributed by atoms with Gasteiger partial charge in [-0.3, -0.25) is 4.79 Å². The van der Waals surface area contributed by atoms with E-state index in [0.717, 1.165) is 17.8 Å². The number of alkyl halides is 3. The van der Waals surface area contributed by atoms with Crippen molar-refractivity contribution < 1.29 is 22.4 Å². The lowest BCUT2D eigenvalue weighted by Gasteiger charge is -2.10. The van der Waals surface area contributed by atoms with Crippen LogP contribution in [0.15, 0.2) is 51.4 Å². The molecule has 1 aromatic carbocycles. The highest BCUT2D eigenvalue weighted by molar-refractivity contribution is 9.10. The number of carbonyl (C=O) groups excluding carboxylic acids is 1. The summed E-state index contributed by atoms with van der Waals surface area (Å²) in [5.74, 6) is -1.51. The molecule has 4 nitrogen and oxygen atoms in total. The molecule has 0 atom stereocenters. The summed E-state index contributed by atoms with van der Waals surface area (Å²) in [5, 5.41) is 3.89. The molecule has 28 heavy (non-hydrogen) atoms. The van der Waals surface area contributed by atoms with E-state index >= 15 is 0 Å². The summed E-state index contributed by atoms with van der Waals surface area (Å²) in [6.45, 7) is 0. The molecule has 146 valence electrons. The van der Waals surface area contributed by atoms with Gasteiger partial charge in [-0.15, -0.1) is 11.3 Å². The van der Waals surface area contributed by atoms with Crippen LogP contribution in [0.2, 0.25) is 0 Å². The molecule has 0 unspecified atom stereocenters. The third kappa shape index (κ3) is 5.30. The van der Waals surface area contributed by atoms with Crippen molar-refractivity contribution in [2.75, 3.05) is 11.1 Å². The summed E-state index contributed by atoms with van der Waals surface area (Å²) >= 11 is 5.08. The zero-order chi connectivity index (χ0) is 20.3. The average Bonchev–Trinajstić information content (AvgIpc) is 3.16. The standard InChI is InChI=1S/C17H10BrF4N3OS2/c18-9-3-4-11(10(19)6-9)23-15(26)8-28-16-24-12(13-2-1-5-27-13)7-14(25-16)17(20,21)22/h1-7H,8H2,(H,23,26). The second-order valence-corrected chi connectivity index (χ2v) is 8.16. The predicted molar refractivity (Wildman–Crippen MR) is 104 cm³/mol. The van der Waals surface area contributed by atoms with Crippen LogP contribution >= 0.6 is 39.0 Å². The van der Waals surface area contributed by atoms with Gasteiger partial charge in [0.1, 0.15) is 11.5 Å². The fourth-order valence-electron chi connectivity index (χ4n) is 2.09. The van der Waals surface area contributed by atoms with E-state index < -0.39 is 23.6 Å². The molecule has 0 saturated carbocycles. The van der Waals surface area contributed by atoms with Crippen molar-refractivity contribution in [3.63, 3.8) is 0 Å². The van der Waals surface area contributed by atoms with E-state index in [1.807, 2.05) is 0 Å². The van der Waals surface area contributed by atoms with Gasteiger partial charge in [-0.05, 0) is 35.7 Å². The van der Waals surface area contributed by atoms with Crippen LogP contribution in [-0.2, 0) is 11.0 Å². The fraction of sp³-hybridized carbons (Fsp3) is 0.118. The van der Waals surface area contributed by atoms with Crippen LogP contribution in [0.4, 0.5) is 23.2 Å². The molecule has 3 rings (SSSR count). The summed E-state index contributed by atoms with van der Waals surface area (Å²) in [4.78, 5) is 20.2. The maximum absolute atomic E-state index is 13.8. The van der Waals surface area contributed by atoms with E-state index in [9.17, 15) is 22.4 Å². The highest BCUT2D eigenvalue weighted by atomic mass is 79.9. The number of nitrogens with zero attached hydrogens (tertiary/aromatic N) is 2. The van der Waals surface area contributed by atoms with Gasteiger partial charge < -0.3 is 5.32 Å². The van der Waals surface area contributed by atoms with Crippen molar-refractivity contribution in [1.82, 2.24) is 9.97 Å². The number of amides is 1. The van der Waals surface area contributed by atoms with E-state index in [4.69, 9.17) is 0 Å². The topological polar surface area (TPSA) is 54.9 Å². The molecule has 0 fully saturated rings. The summed E-state index contributed by atoms with van der Waals surface area (Å²) < 4.78 is 53.7. The number of thioether (sulfide) groups is 1. The molecule has 2 heterocycles. The van der Waals surface area contributed by atoms with Crippen LogP contribution in [0.1, 0.15) is 5.69 Å². The summed E-state index contributed by atoms with van der Waals surface area (Å²) in [5.41, 5.74) is -0.995. The maximum atomic E-state index is 13.8. The van der Waals surface area contributed by atoms with Gasteiger partial charge in [-0.2, -0.15) is 13.2 Å². The second kappa shape index (κ2) is 8.58. The van der Waals surface area contributed by atoms with Gasteiger partial charge in [0.2, 0.25) is 5.91 Å². The number of thiophene rings is 1. The van der Waals surface area contributed by atoms with E-state index in [1.165, 1.54) is 23.5 Å². The van der Waals surface area contributed by atoms with Crippen molar-refractivity contribution in [3.05, 3.63) is 57.8 Å². The number of nitrogens with one attached hydrogen (secondary N) is 1. The molecule has 0 aliphatic carbocycles. The number of anilines is 1.